The van der Waals surface area contributed by atoms with E-state index in [4.69, 9.17) is 4.98 Å². The molecule has 4 nitrogen and oxygen atoms in total. The van der Waals surface area contributed by atoms with Gasteiger partial charge < -0.3 is 10.3 Å². The van der Waals surface area contributed by atoms with Crippen molar-refractivity contribution in [1.29, 1.82) is 0 Å². The van der Waals surface area contributed by atoms with E-state index in [1.807, 2.05) is 6.07 Å². The van der Waals surface area contributed by atoms with Crippen LogP contribution in [0.25, 0.3) is 11.0 Å². The molecule has 0 atom stereocenters. The number of rotatable bonds is 3. The Morgan fingerprint density at radius 1 is 1.10 bits per heavy atom. The van der Waals surface area contributed by atoms with E-state index >= 15 is 0 Å². The highest BCUT2D eigenvalue weighted by Gasteiger charge is 2.18. The normalized spacial score (nSPS) is 14.1. The summed E-state index contributed by atoms with van der Waals surface area (Å²) in [6.45, 7) is 0.779. The Morgan fingerprint density at radius 2 is 1.95 bits per heavy atom. The summed E-state index contributed by atoms with van der Waals surface area (Å²) >= 11 is 0. The number of fused-ring (bicyclic) bond motifs is 3. The quantitative estimate of drug-likeness (QED) is 0.771. The van der Waals surface area contributed by atoms with Gasteiger partial charge in [0, 0.05) is 17.8 Å². The molecule has 0 amide bonds. The molecule has 3 aromatic rings. The first-order valence-electron chi connectivity index (χ1n) is 7.54. The largest absolute Gasteiger partial charge is 0.364 e. The predicted molar refractivity (Wildman–Crippen MR) is 84.3 cm³/mol. The van der Waals surface area contributed by atoms with Gasteiger partial charge >= 0.3 is 0 Å². The number of benzene rings is 1. The lowest BCUT2D eigenvalue weighted by molar-refractivity contribution is 0.672. The maximum Gasteiger partial charge on any atom is 0.152 e. The summed E-state index contributed by atoms with van der Waals surface area (Å²) in [6.07, 6.45) is 6.41. The zero-order valence-electron chi connectivity index (χ0n) is 11.9. The number of pyridine rings is 1. The molecule has 2 N–H and O–H groups in total. The molecule has 21 heavy (non-hydrogen) atoms. The lowest BCUT2D eigenvalue weighted by Gasteiger charge is -2.17. The minimum absolute atomic E-state index is 0.779. The van der Waals surface area contributed by atoms with Crippen LogP contribution in [0, 0.1) is 0 Å². The fraction of sp³-hybridized carbons (Fsp3) is 0.294. The molecule has 1 aromatic carbocycles. The van der Waals surface area contributed by atoms with Gasteiger partial charge in [0.2, 0.25) is 0 Å². The van der Waals surface area contributed by atoms with Gasteiger partial charge in [0.25, 0.3) is 0 Å². The van der Waals surface area contributed by atoms with Gasteiger partial charge in [0.15, 0.2) is 5.82 Å². The number of nitrogens with one attached hydrogen (secondary N) is 2. The first kappa shape index (κ1) is 12.4. The van der Waals surface area contributed by atoms with E-state index in [0.29, 0.717) is 0 Å². The molecule has 2 heterocycles. The highest BCUT2D eigenvalue weighted by atomic mass is 15.0. The van der Waals surface area contributed by atoms with Crippen molar-refractivity contribution in [2.24, 2.45) is 0 Å². The van der Waals surface area contributed by atoms with Crippen LogP contribution in [0.3, 0.4) is 0 Å². The first-order valence-corrected chi connectivity index (χ1v) is 7.54. The number of anilines is 1. The van der Waals surface area contributed by atoms with Gasteiger partial charge in [0.05, 0.1) is 11.8 Å². The van der Waals surface area contributed by atoms with Crippen molar-refractivity contribution in [3.05, 3.63) is 53.5 Å². The molecule has 0 fully saturated rings. The molecule has 0 saturated heterocycles. The average Bonchev–Trinajstić information content (AvgIpc) is 3.04. The maximum atomic E-state index is 4.85. The Bertz CT molecular complexity index is 761. The zero-order chi connectivity index (χ0) is 14.1. The number of nitrogens with zero attached hydrogens (tertiary/aromatic N) is 2. The molecule has 0 aliphatic heterocycles. The number of aryl methyl sites for hydroxylation is 2. The number of imidazole rings is 1. The van der Waals surface area contributed by atoms with E-state index in [0.717, 1.165) is 36.2 Å². The lowest BCUT2D eigenvalue weighted by atomic mass is 9.95. The van der Waals surface area contributed by atoms with Crippen LogP contribution in [0.5, 0.6) is 0 Å². The molecule has 2 aromatic heterocycles. The number of hydrogen-bond donors (Lipinski definition) is 2. The standard InChI is InChI=1S/C17H18N4/c1-2-6-12(7-3-1)10-18-17-16-15(19-11-20-16)13-8-4-5-9-14(13)21-17/h1-3,6-7,11H,4-5,8-10H2,(H,18,21)(H,19,20). The number of hydrogen-bond acceptors (Lipinski definition) is 3. The Kier molecular flexibility index (Phi) is 3.07. The highest BCUT2D eigenvalue weighted by molar-refractivity contribution is 5.88. The molecule has 0 spiro atoms. The third-order valence-corrected chi connectivity index (χ3v) is 4.15. The number of aromatic nitrogens is 3. The monoisotopic (exact) mass is 278 g/mol. The first-order chi connectivity index (χ1) is 10.4. The summed E-state index contributed by atoms with van der Waals surface area (Å²) < 4.78 is 0. The van der Waals surface area contributed by atoms with Crippen molar-refractivity contribution in [3.63, 3.8) is 0 Å². The molecule has 1 aliphatic rings. The minimum Gasteiger partial charge on any atom is -0.364 e. The molecule has 0 radical (unpaired) electrons. The molecule has 4 rings (SSSR count). The molecule has 4 heteroatoms. The van der Waals surface area contributed by atoms with Crippen LogP contribution < -0.4 is 5.32 Å². The third kappa shape index (κ3) is 2.27. The van der Waals surface area contributed by atoms with Gasteiger partial charge in [-0.2, -0.15) is 0 Å². The second-order valence-electron chi connectivity index (χ2n) is 5.56. The molecular formula is C17H18N4. The highest BCUT2D eigenvalue weighted by Crippen LogP contribution is 2.29. The summed E-state index contributed by atoms with van der Waals surface area (Å²) in [5.41, 5.74) is 5.94. The van der Waals surface area contributed by atoms with E-state index < -0.39 is 0 Å². The third-order valence-electron chi connectivity index (χ3n) is 4.15. The molecular weight excluding hydrogens is 260 g/mol. The minimum atomic E-state index is 0.779. The van der Waals surface area contributed by atoms with Crippen molar-refractivity contribution in [2.75, 3.05) is 5.32 Å². The van der Waals surface area contributed by atoms with Crippen molar-refractivity contribution >= 4 is 16.9 Å². The summed E-state index contributed by atoms with van der Waals surface area (Å²) in [4.78, 5) is 12.6. The average molecular weight is 278 g/mol. The van der Waals surface area contributed by atoms with E-state index in [1.165, 1.54) is 29.7 Å². The van der Waals surface area contributed by atoms with Gasteiger partial charge in [-0.15, -0.1) is 0 Å². The fourth-order valence-electron chi connectivity index (χ4n) is 3.07. The van der Waals surface area contributed by atoms with Crippen LogP contribution in [0.2, 0.25) is 0 Å². The van der Waals surface area contributed by atoms with Crippen LogP contribution in [-0.2, 0) is 19.4 Å². The van der Waals surface area contributed by atoms with Crippen LogP contribution in [-0.4, -0.2) is 15.0 Å². The molecule has 1 aliphatic carbocycles. The van der Waals surface area contributed by atoms with E-state index in [2.05, 4.69) is 39.6 Å². The topological polar surface area (TPSA) is 53.6 Å². The number of H-pyrrole nitrogens is 1. The molecule has 0 saturated carbocycles. The summed E-state index contributed by atoms with van der Waals surface area (Å²) in [6, 6.07) is 10.4. The SMILES string of the molecule is c1ccc(CNc2nc3c(c4nc[nH]c24)CCCC3)cc1. The molecule has 0 unspecified atom stereocenters. The summed E-state index contributed by atoms with van der Waals surface area (Å²) in [5.74, 6) is 0.923. The Hall–Kier alpha value is -2.36. The van der Waals surface area contributed by atoms with E-state index in [9.17, 15) is 0 Å². The van der Waals surface area contributed by atoms with Gasteiger partial charge in [-0.3, -0.25) is 0 Å². The Labute approximate surface area is 123 Å². The van der Waals surface area contributed by atoms with Gasteiger partial charge in [-0.25, -0.2) is 9.97 Å². The summed E-state index contributed by atoms with van der Waals surface area (Å²) in [5, 5.41) is 3.46. The van der Waals surface area contributed by atoms with Gasteiger partial charge in [-0.1, -0.05) is 30.3 Å². The lowest BCUT2D eigenvalue weighted by Crippen LogP contribution is -2.10. The van der Waals surface area contributed by atoms with Crippen molar-refractivity contribution in [3.8, 4) is 0 Å². The van der Waals surface area contributed by atoms with Gasteiger partial charge in [0.1, 0.15) is 5.52 Å². The zero-order valence-corrected chi connectivity index (χ0v) is 11.9. The van der Waals surface area contributed by atoms with Crippen LogP contribution >= 0.6 is 0 Å². The van der Waals surface area contributed by atoms with Crippen molar-refractivity contribution in [1.82, 2.24) is 15.0 Å². The fourth-order valence-corrected chi connectivity index (χ4v) is 3.07. The second-order valence-corrected chi connectivity index (χ2v) is 5.56. The summed E-state index contributed by atoms with van der Waals surface area (Å²) in [7, 11) is 0. The smallest absolute Gasteiger partial charge is 0.152 e. The molecule has 106 valence electrons. The number of aromatic amines is 1. The van der Waals surface area contributed by atoms with E-state index in [1.54, 1.807) is 6.33 Å². The van der Waals surface area contributed by atoms with Crippen LogP contribution in [0.4, 0.5) is 5.82 Å². The molecule has 0 bridgehead atoms. The predicted octanol–water partition coefficient (Wildman–Crippen LogP) is 3.45. The van der Waals surface area contributed by atoms with Crippen molar-refractivity contribution in [2.45, 2.75) is 32.2 Å². The Morgan fingerprint density at radius 3 is 2.86 bits per heavy atom. The Balaban J connectivity index is 1.70. The maximum absolute atomic E-state index is 4.85. The van der Waals surface area contributed by atoms with Crippen LogP contribution in [0.15, 0.2) is 36.7 Å². The van der Waals surface area contributed by atoms with Crippen LogP contribution in [0.1, 0.15) is 29.7 Å². The van der Waals surface area contributed by atoms with E-state index in [-0.39, 0.29) is 0 Å². The second kappa shape index (κ2) is 5.20. The van der Waals surface area contributed by atoms with Gasteiger partial charge in [-0.05, 0) is 31.2 Å². The van der Waals surface area contributed by atoms with Crippen molar-refractivity contribution < 1.29 is 0 Å².